The molecule has 33 heavy (non-hydrogen) atoms. The molecule has 0 radical (unpaired) electrons. The summed E-state index contributed by atoms with van der Waals surface area (Å²) in [7, 11) is 0. The van der Waals surface area contributed by atoms with Gasteiger partial charge in [-0.1, -0.05) is 42.1 Å². The van der Waals surface area contributed by atoms with E-state index in [1.54, 1.807) is 15.9 Å². The van der Waals surface area contributed by atoms with Crippen molar-refractivity contribution in [3.8, 4) is 0 Å². The van der Waals surface area contributed by atoms with Crippen LogP contribution in [0.3, 0.4) is 0 Å². The summed E-state index contributed by atoms with van der Waals surface area (Å²) in [4.78, 5) is 31.9. The first-order chi connectivity index (χ1) is 16.0. The molecule has 0 atom stereocenters. The highest BCUT2D eigenvalue weighted by Crippen LogP contribution is 2.28. The van der Waals surface area contributed by atoms with Gasteiger partial charge in [-0.2, -0.15) is 0 Å². The molecule has 0 unspecified atom stereocenters. The van der Waals surface area contributed by atoms with E-state index < -0.39 is 0 Å². The third kappa shape index (κ3) is 4.19. The molecule has 1 N–H and O–H groups in total. The van der Waals surface area contributed by atoms with Crippen LogP contribution in [0.15, 0.2) is 74.3 Å². The molecule has 1 amide bonds. The van der Waals surface area contributed by atoms with Crippen molar-refractivity contribution in [1.82, 2.24) is 9.55 Å². The van der Waals surface area contributed by atoms with Crippen molar-refractivity contribution in [1.29, 1.82) is 0 Å². The lowest BCUT2D eigenvalue weighted by molar-refractivity contribution is -0.113. The van der Waals surface area contributed by atoms with E-state index in [9.17, 15) is 9.59 Å². The zero-order valence-corrected chi connectivity index (χ0v) is 19.8. The molecular formula is C25H21N3O3S2. The number of anilines is 1. The summed E-state index contributed by atoms with van der Waals surface area (Å²) in [6.45, 7) is 4.37. The second kappa shape index (κ2) is 8.88. The summed E-state index contributed by atoms with van der Waals surface area (Å²) in [5.74, 6) is -0.0197. The zero-order chi connectivity index (χ0) is 22.9. The molecule has 0 bridgehead atoms. The van der Waals surface area contributed by atoms with E-state index in [-0.39, 0.29) is 22.8 Å². The van der Waals surface area contributed by atoms with Crippen LogP contribution in [-0.4, -0.2) is 21.2 Å². The fourth-order valence-corrected chi connectivity index (χ4v) is 5.15. The maximum absolute atomic E-state index is 13.4. The number of thioether (sulfide) groups is 1. The molecule has 5 rings (SSSR count). The van der Waals surface area contributed by atoms with Gasteiger partial charge >= 0.3 is 0 Å². The summed E-state index contributed by atoms with van der Waals surface area (Å²) >= 11 is 2.82. The summed E-state index contributed by atoms with van der Waals surface area (Å²) in [6.07, 6.45) is 0. The van der Waals surface area contributed by atoms with Crippen molar-refractivity contribution in [2.45, 2.75) is 25.5 Å². The Morgan fingerprint density at radius 1 is 1.12 bits per heavy atom. The Morgan fingerprint density at radius 3 is 2.79 bits per heavy atom. The van der Waals surface area contributed by atoms with Gasteiger partial charge in [0.25, 0.3) is 5.56 Å². The van der Waals surface area contributed by atoms with Crippen LogP contribution >= 0.6 is 23.1 Å². The first-order valence-electron chi connectivity index (χ1n) is 10.4. The van der Waals surface area contributed by atoms with Gasteiger partial charge in [0.15, 0.2) is 5.16 Å². The Balaban J connectivity index is 1.50. The number of hydrogen-bond donors (Lipinski definition) is 1. The van der Waals surface area contributed by atoms with Crippen molar-refractivity contribution in [3.05, 3.63) is 86.3 Å². The number of para-hydroxylation sites is 1. The standard InChI is InChI=1S/C25H21N3O3S2/c1-15-7-5-10-19(16(15)2)26-21(29)14-33-25-27-22-18-9-3-4-11-20(18)31-23(22)24(30)28(25)13-17-8-6-12-32-17/h3-12H,13-14H2,1-2H3,(H,26,29). The number of aryl methyl sites for hydroxylation is 1. The zero-order valence-electron chi connectivity index (χ0n) is 18.1. The van der Waals surface area contributed by atoms with E-state index in [2.05, 4.69) is 5.32 Å². The molecule has 166 valence electrons. The van der Waals surface area contributed by atoms with Crippen LogP contribution in [0, 0.1) is 13.8 Å². The Labute approximate surface area is 198 Å². The lowest BCUT2D eigenvalue weighted by atomic mass is 10.1. The summed E-state index contributed by atoms with van der Waals surface area (Å²) < 4.78 is 7.44. The predicted octanol–water partition coefficient (Wildman–Crippen LogP) is 5.60. The Kier molecular flexibility index (Phi) is 5.78. The lowest BCUT2D eigenvalue weighted by Gasteiger charge is -2.12. The molecular weight excluding hydrogens is 454 g/mol. The molecule has 0 aliphatic carbocycles. The van der Waals surface area contributed by atoms with E-state index in [1.165, 1.54) is 11.8 Å². The maximum Gasteiger partial charge on any atom is 0.298 e. The molecule has 3 heterocycles. The van der Waals surface area contributed by atoms with Crippen LogP contribution in [0.1, 0.15) is 16.0 Å². The number of carbonyl (C=O) groups excluding carboxylic acids is 1. The molecule has 0 aliphatic heterocycles. The third-order valence-corrected chi connectivity index (χ3v) is 7.39. The normalized spacial score (nSPS) is 11.3. The Hall–Kier alpha value is -3.36. The topological polar surface area (TPSA) is 77.1 Å². The molecule has 8 heteroatoms. The number of amides is 1. The number of rotatable bonds is 6. The number of aromatic nitrogens is 2. The van der Waals surface area contributed by atoms with Gasteiger partial charge in [0.05, 0.1) is 12.3 Å². The second-order valence-electron chi connectivity index (χ2n) is 7.73. The Morgan fingerprint density at radius 2 is 1.97 bits per heavy atom. The van der Waals surface area contributed by atoms with Crippen molar-refractivity contribution in [2.24, 2.45) is 0 Å². The summed E-state index contributed by atoms with van der Waals surface area (Å²) in [6, 6.07) is 17.2. The molecule has 0 aliphatic rings. The molecule has 0 saturated heterocycles. The van der Waals surface area contributed by atoms with Crippen LogP contribution in [-0.2, 0) is 11.3 Å². The van der Waals surface area contributed by atoms with Gasteiger partial charge in [-0.05, 0) is 54.6 Å². The Bertz CT molecular complexity index is 1530. The van der Waals surface area contributed by atoms with Gasteiger partial charge in [-0.3, -0.25) is 14.2 Å². The minimum atomic E-state index is -0.248. The van der Waals surface area contributed by atoms with Gasteiger partial charge < -0.3 is 9.73 Å². The van der Waals surface area contributed by atoms with E-state index in [1.807, 2.05) is 73.8 Å². The van der Waals surface area contributed by atoms with Crippen molar-refractivity contribution in [2.75, 3.05) is 11.1 Å². The minimum absolute atomic E-state index is 0.131. The van der Waals surface area contributed by atoms with Gasteiger partial charge in [0.2, 0.25) is 11.5 Å². The molecule has 0 saturated carbocycles. The van der Waals surface area contributed by atoms with E-state index >= 15 is 0 Å². The average molecular weight is 476 g/mol. The molecule has 0 spiro atoms. The number of carbonyl (C=O) groups is 1. The first-order valence-corrected chi connectivity index (χ1v) is 12.3. The smallest absolute Gasteiger partial charge is 0.298 e. The van der Waals surface area contributed by atoms with Gasteiger partial charge in [-0.25, -0.2) is 4.98 Å². The number of thiophene rings is 1. The second-order valence-corrected chi connectivity index (χ2v) is 9.70. The third-order valence-electron chi connectivity index (χ3n) is 5.55. The lowest BCUT2D eigenvalue weighted by Crippen LogP contribution is -2.24. The average Bonchev–Trinajstić information content (AvgIpc) is 3.46. The van der Waals surface area contributed by atoms with Gasteiger partial charge in [0.1, 0.15) is 11.1 Å². The number of fused-ring (bicyclic) bond motifs is 3. The van der Waals surface area contributed by atoms with Crippen LogP contribution in [0.2, 0.25) is 0 Å². The highest BCUT2D eigenvalue weighted by atomic mass is 32.2. The largest absolute Gasteiger partial charge is 0.448 e. The molecule has 2 aromatic carbocycles. The van der Waals surface area contributed by atoms with E-state index in [4.69, 9.17) is 9.40 Å². The minimum Gasteiger partial charge on any atom is -0.448 e. The van der Waals surface area contributed by atoms with Crippen LogP contribution < -0.4 is 10.9 Å². The van der Waals surface area contributed by atoms with E-state index in [0.717, 1.165) is 27.1 Å². The number of nitrogens with zero attached hydrogens (tertiary/aromatic N) is 2. The van der Waals surface area contributed by atoms with Crippen molar-refractivity contribution < 1.29 is 9.21 Å². The van der Waals surface area contributed by atoms with Crippen LogP contribution in [0.5, 0.6) is 0 Å². The summed E-state index contributed by atoms with van der Waals surface area (Å²) in [5.41, 5.74) is 4.07. The van der Waals surface area contributed by atoms with Gasteiger partial charge in [-0.15, -0.1) is 11.3 Å². The number of benzene rings is 2. The van der Waals surface area contributed by atoms with Crippen LogP contribution in [0.4, 0.5) is 5.69 Å². The quantitative estimate of drug-likeness (QED) is 0.255. The fourth-order valence-electron chi connectivity index (χ4n) is 3.66. The fraction of sp³-hybridized carbons (Fsp3) is 0.160. The number of furan rings is 1. The van der Waals surface area contributed by atoms with Crippen LogP contribution in [0.25, 0.3) is 22.1 Å². The van der Waals surface area contributed by atoms with Crippen molar-refractivity contribution >= 4 is 56.8 Å². The van der Waals surface area contributed by atoms with E-state index in [0.29, 0.717) is 22.8 Å². The molecule has 5 aromatic rings. The first kappa shape index (κ1) is 21.5. The number of hydrogen-bond acceptors (Lipinski definition) is 6. The maximum atomic E-state index is 13.4. The highest BCUT2D eigenvalue weighted by molar-refractivity contribution is 7.99. The number of nitrogens with one attached hydrogen (secondary N) is 1. The highest BCUT2D eigenvalue weighted by Gasteiger charge is 2.19. The molecule has 3 aromatic heterocycles. The van der Waals surface area contributed by atoms with Gasteiger partial charge in [0, 0.05) is 16.0 Å². The molecule has 6 nitrogen and oxygen atoms in total. The SMILES string of the molecule is Cc1cccc(NC(=O)CSc2nc3c(oc4ccccc43)c(=O)n2Cc2cccs2)c1C. The monoisotopic (exact) mass is 475 g/mol. The molecule has 0 fully saturated rings. The summed E-state index contributed by atoms with van der Waals surface area (Å²) in [5, 5.41) is 6.22. The van der Waals surface area contributed by atoms with Crippen molar-refractivity contribution in [3.63, 3.8) is 0 Å². The predicted molar refractivity (Wildman–Crippen MR) is 134 cm³/mol.